The Labute approximate surface area is 187 Å². The van der Waals surface area contributed by atoms with Crippen LogP contribution in [0.4, 0.5) is 0 Å². The van der Waals surface area contributed by atoms with Gasteiger partial charge in [-0.1, -0.05) is 41.0 Å². The highest BCUT2D eigenvalue weighted by molar-refractivity contribution is 6.30. The van der Waals surface area contributed by atoms with E-state index in [0.717, 1.165) is 50.4 Å². The van der Waals surface area contributed by atoms with Crippen LogP contribution in [0.1, 0.15) is 42.2 Å². The minimum atomic E-state index is 0. The van der Waals surface area contributed by atoms with Gasteiger partial charge in [-0.3, -0.25) is 4.90 Å². The zero-order chi connectivity index (χ0) is 19.8. The van der Waals surface area contributed by atoms with Crippen LogP contribution in [0.2, 0.25) is 5.02 Å². The summed E-state index contributed by atoms with van der Waals surface area (Å²) in [5, 5.41) is 13.8. The Hall–Kier alpha value is -2.39. The molecule has 1 unspecified atom stereocenters. The Kier molecular flexibility index (Phi) is 5.84. The van der Waals surface area contributed by atoms with Crippen LogP contribution in [-0.4, -0.2) is 28.1 Å². The molecule has 1 aliphatic carbocycles. The molecule has 5 nitrogen and oxygen atoms in total. The minimum Gasteiger partial charge on any atom is -0.339 e. The van der Waals surface area contributed by atoms with Crippen molar-refractivity contribution in [2.24, 2.45) is 5.41 Å². The Morgan fingerprint density at radius 2 is 1.93 bits per heavy atom. The third kappa shape index (κ3) is 4.09. The lowest BCUT2D eigenvalue weighted by molar-refractivity contribution is 0.159. The molecule has 1 spiro atoms. The molecule has 2 aliphatic rings. The van der Waals surface area contributed by atoms with E-state index < -0.39 is 0 Å². The van der Waals surface area contributed by atoms with Crippen LogP contribution in [0, 0.1) is 16.7 Å². The smallest absolute Gasteiger partial charge is 0.230 e. The van der Waals surface area contributed by atoms with E-state index in [2.05, 4.69) is 33.2 Å². The van der Waals surface area contributed by atoms with E-state index in [4.69, 9.17) is 21.4 Å². The molecule has 2 heterocycles. The van der Waals surface area contributed by atoms with Crippen LogP contribution < -0.4 is 0 Å². The molecule has 7 heteroatoms. The normalized spacial score (nSPS) is 19.8. The van der Waals surface area contributed by atoms with Gasteiger partial charge >= 0.3 is 0 Å². The second-order valence-corrected chi connectivity index (χ2v) is 8.61. The third-order valence-electron chi connectivity index (χ3n) is 6.35. The molecule has 1 atom stereocenters. The van der Waals surface area contributed by atoms with Gasteiger partial charge in [-0.25, -0.2) is 0 Å². The summed E-state index contributed by atoms with van der Waals surface area (Å²) in [6.45, 7) is 3.09. The van der Waals surface area contributed by atoms with Gasteiger partial charge in [-0.2, -0.15) is 10.2 Å². The lowest BCUT2D eigenvalue weighted by Crippen LogP contribution is -2.34. The number of piperidine rings is 1. The lowest BCUT2D eigenvalue weighted by atomic mass is 9.90. The van der Waals surface area contributed by atoms with E-state index in [-0.39, 0.29) is 12.4 Å². The van der Waals surface area contributed by atoms with Crippen molar-refractivity contribution in [3.05, 3.63) is 70.6 Å². The van der Waals surface area contributed by atoms with Crippen molar-refractivity contribution in [3.8, 4) is 17.5 Å². The second kappa shape index (κ2) is 8.39. The number of rotatable bonds is 4. The number of benzene rings is 2. The number of likely N-dealkylation sites (tertiary alicyclic amines) is 1. The number of hydrogen-bond acceptors (Lipinski definition) is 5. The van der Waals surface area contributed by atoms with Gasteiger partial charge in [0.1, 0.15) is 0 Å². The third-order valence-corrected chi connectivity index (χ3v) is 6.59. The lowest BCUT2D eigenvalue weighted by Gasteiger charge is -2.32. The van der Waals surface area contributed by atoms with Crippen molar-refractivity contribution < 1.29 is 4.52 Å². The summed E-state index contributed by atoms with van der Waals surface area (Å²) in [6.07, 6.45) is 3.44. The first-order chi connectivity index (χ1) is 14.1. The molecule has 1 aliphatic heterocycles. The van der Waals surface area contributed by atoms with Gasteiger partial charge in [0.25, 0.3) is 0 Å². The number of hydrogen-bond donors (Lipinski definition) is 0. The molecule has 1 saturated carbocycles. The summed E-state index contributed by atoms with van der Waals surface area (Å²) in [6, 6.07) is 17.6. The molecule has 3 aromatic rings. The Morgan fingerprint density at radius 1 is 1.17 bits per heavy atom. The SMILES string of the molecule is Cl.N#Cc1ccc(CN2CCC3(CC2)CC3c2nc(-c3cccc(Cl)c3)no2)cc1. The molecule has 1 saturated heterocycles. The molecule has 2 aromatic carbocycles. The summed E-state index contributed by atoms with van der Waals surface area (Å²) in [5.41, 5.74) is 3.18. The van der Waals surface area contributed by atoms with Crippen LogP contribution in [0.3, 0.4) is 0 Å². The Morgan fingerprint density at radius 3 is 2.63 bits per heavy atom. The number of aromatic nitrogens is 2. The monoisotopic (exact) mass is 440 g/mol. The van der Waals surface area contributed by atoms with Crippen LogP contribution in [-0.2, 0) is 6.54 Å². The van der Waals surface area contributed by atoms with Crippen molar-refractivity contribution >= 4 is 24.0 Å². The van der Waals surface area contributed by atoms with Crippen molar-refractivity contribution in [2.75, 3.05) is 13.1 Å². The molecule has 0 bridgehead atoms. The predicted octanol–water partition coefficient (Wildman–Crippen LogP) is 5.45. The maximum atomic E-state index is 8.93. The largest absolute Gasteiger partial charge is 0.339 e. The summed E-state index contributed by atoms with van der Waals surface area (Å²) in [5.74, 6) is 1.75. The standard InChI is InChI=1S/C23H21ClN4O.ClH/c24-19-3-1-2-18(12-19)21-26-22(29-27-21)20-13-23(20)8-10-28(11-9-23)15-17-6-4-16(14-25)5-7-17;/h1-7,12,20H,8-11,13,15H2;1H. The van der Waals surface area contributed by atoms with E-state index in [9.17, 15) is 0 Å². The van der Waals surface area contributed by atoms with Gasteiger partial charge in [-0.15, -0.1) is 12.4 Å². The first kappa shape index (κ1) is 20.9. The van der Waals surface area contributed by atoms with E-state index in [0.29, 0.717) is 27.7 Å². The Bertz CT molecular complexity index is 1070. The van der Waals surface area contributed by atoms with Crippen molar-refractivity contribution in [2.45, 2.75) is 31.7 Å². The fraction of sp³-hybridized carbons (Fsp3) is 0.348. The summed E-state index contributed by atoms with van der Waals surface area (Å²) < 4.78 is 5.61. The number of halogens is 2. The Balaban J connectivity index is 0.00000218. The molecular weight excluding hydrogens is 419 g/mol. The molecule has 30 heavy (non-hydrogen) atoms. The number of nitriles is 1. The zero-order valence-electron chi connectivity index (χ0n) is 16.4. The van der Waals surface area contributed by atoms with Crippen LogP contribution >= 0.6 is 24.0 Å². The topological polar surface area (TPSA) is 66.0 Å². The van der Waals surface area contributed by atoms with E-state index in [1.54, 1.807) is 0 Å². The molecule has 2 fully saturated rings. The van der Waals surface area contributed by atoms with Crippen LogP contribution in [0.15, 0.2) is 53.1 Å². The zero-order valence-corrected chi connectivity index (χ0v) is 18.0. The number of nitrogens with zero attached hydrogens (tertiary/aromatic N) is 4. The highest BCUT2D eigenvalue weighted by atomic mass is 35.5. The van der Waals surface area contributed by atoms with Gasteiger partial charge < -0.3 is 4.52 Å². The van der Waals surface area contributed by atoms with Gasteiger partial charge in [-0.05, 0) is 67.6 Å². The molecule has 0 N–H and O–H groups in total. The first-order valence-corrected chi connectivity index (χ1v) is 10.3. The quantitative estimate of drug-likeness (QED) is 0.539. The molecule has 154 valence electrons. The predicted molar refractivity (Wildman–Crippen MR) is 117 cm³/mol. The van der Waals surface area contributed by atoms with Crippen LogP contribution in [0.25, 0.3) is 11.4 Å². The van der Waals surface area contributed by atoms with Gasteiger partial charge in [0.15, 0.2) is 0 Å². The summed E-state index contributed by atoms with van der Waals surface area (Å²) in [4.78, 5) is 7.15. The van der Waals surface area contributed by atoms with E-state index in [1.807, 2.05) is 36.4 Å². The summed E-state index contributed by atoms with van der Waals surface area (Å²) >= 11 is 6.07. The maximum absolute atomic E-state index is 8.93. The highest BCUT2D eigenvalue weighted by Gasteiger charge is 2.58. The fourth-order valence-corrected chi connectivity index (χ4v) is 4.66. The van der Waals surface area contributed by atoms with Gasteiger partial charge in [0, 0.05) is 23.0 Å². The molecule has 0 amide bonds. The molecule has 1 aromatic heterocycles. The fourth-order valence-electron chi connectivity index (χ4n) is 4.47. The average molecular weight is 441 g/mol. The molecular formula is C23H22Cl2N4O. The average Bonchev–Trinajstić information content (AvgIpc) is 3.21. The van der Waals surface area contributed by atoms with E-state index in [1.165, 1.54) is 5.56 Å². The van der Waals surface area contributed by atoms with Gasteiger partial charge in [0.2, 0.25) is 11.7 Å². The van der Waals surface area contributed by atoms with Crippen molar-refractivity contribution in [1.82, 2.24) is 15.0 Å². The summed E-state index contributed by atoms with van der Waals surface area (Å²) in [7, 11) is 0. The van der Waals surface area contributed by atoms with E-state index >= 15 is 0 Å². The second-order valence-electron chi connectivity index (χ2n) is 8.17. The van der Waals surface area contributed by atoms with Gasteiger partial charge in [0.05, 0.1) is 11.6 Å². The maximum Gasteiger partial charge on any atom is 0.230 e. The molecule has 5 rings (SSSR count). The van der Waals surface area contributed by atoms with Crippen molar-refractivity contribution in [3.63, 3.8) is 0 Å². The van der Waals surface area contributed by atoms with Crippen molar-refractivity contribution in [1.29, 1.82) is 5.26 Å². The molecule has 0 radical (unpaired) electrons. The minimum absolute atomic E-state index is 0. The van der Waals surface area contributed by atoms with Crippen LogP contribution in [0.5, 0.6) is 0 Å². The highest BCUT2D eigenvalue weighted by Crippen LogP contribution is 2.64. The first-order valence-electron chi connectivity index (χ1n) is 9.96.